The Bertz CT molecular complexity index is 659. The number of anilines is 2. The topological polar surface area (TPSA) is 36.4 Å². The van der Waals surface area contributed by atoms with Gasteiger partial charge in [-0.2, -0.15) is 0 Å². The van der Waals surface area contributed by atoms with Crippen LogP contribution in [-0.4, -0.2) is 17.1 Å². The fourth-order valence-corrected chi connectivity index (χ4v) is 3.31. The highest BCUT2D eigenvalue weighted by Crippen LogP contribution is 2.33. The first-order valence-electron chi connectivity index (χ1n) is 5.76. The molecule has 0 saturated carbocycles. The Morgan fingerprint density at radius 1 is 1.11 bits per heavy atom. The normalized spacial score (nSPS) is 10.6. The summed E-state index contributed by atoms with van der Waals surface area (Å²) in [5, 5.41) is 14.4. The van der Waals surface area contributed by atoms with E-state index in [1.165, 1.54) is 4.88 Å². The fourth-order valence-electron chi connectivity index (χ4n) is 1.74. The van der Waals surface area contributed by atoms with Crippen LogP contribution in [0.1, 0.15) is 0 Å². The number of thiophene rings is 1. The van der Waals surface area contributed by atoms with Crippen LogP contribution in [0.2, 0.25) is 0 Å². The zero-order valence-corrected chi connectivity index (χ0v) is 11.9. The van der Waals surface area contributed by atoms with Crippen molar-refractivity contribution in [1.82, 2.24) is 4.98 Å². The highest BCUT2D eigenvalue weighted by Gasteiger charge is 2.10. The van der Waals surface area contributed by atoms with E-state index < -0.39 is 0 Å². The molecule has 5 heteroatoms. The minimum atomic E-state index is 0.274. The fraction of sp³-hybridized carbons (Fsp3) is 0.0714. The first-order valence-corrected chi connectivity index (χ1v) is 7.52. The van der Waals surface area contributed by atoms with E-state index in [9.17, 15) is 5.11 Å². The SMILES string of the molecule is CN(c1ccc(O)cc1)c1nc(-c2cccs2)cs1. The van der Waals surface area contributed by atoms with E-state index in [4.69, 9.17) is 0 Å². The minimum absolute atomic E-state index is 0.274. The molecule has 3 aromatic rings. The Hall–Kier alpha value is -1.85. The standard InChI is InChI=1S/C14H12N2OS2/c1-16(10-4-6-11(17)7-5-10)14-15-12(9-19-14)13-3-2-8-18-13/h2-9,17H,1H3. The third-order valence-corrected chi connectivity index (χ3v) is 4.60. The second kappa shape index (κ2) is 5.03. The van der Waals surface area contributed by atoms with E-state index in [1.807, 2.05) is 30.1 Å². The Morgan fingerprint density at radius 3 is 2.58 bits per heavy atom. The average Bonchev–Trinajstić information content (AvgIpc) is 3.10. The maximum atomic E-state index is 9.31. The van der Waals surface area contributed by atoms with Crippen LogP contribution in [0.5, 0.6) is 5.75 Å². The second-order valence-corrected chi connectivity index (χ2v) is 5.85. The number of rotatable bonds is 3. The summed E-state index contributed by atoms with van der Waals surface area (Å²) in [6.45, 7) is 0. The molecular weight excluding hydrogens is 276 g/mol. The summed E-state index contributed by atoms with van der Waals surface area (Å²) in [7, 11) is 1.98. The number of phenolic OH excluding ortho intramolecular Hbond substituents is 1. The Morgan fingerprint density at radius 2 is 1.89 bits per heavy atom. The molecule has 0 bridgehead atoms. The molecule has 0 fully saturated rings. The minimum Gasteiger partial charge on any atom is -0.508 e. The molecule has 0 aliphatic heterocycles. The molecule has 19 heavy (non-hydrogen) atoms. The number of aromatic hydroxyl groups is 1. The Balaban J connectivity index is 1.88. The lowest BCUT2D eigenvalue weighted by molar-refractivity contribution is 0.475. The Kier molecular flexibility index (Phi) is 3.23. The lowest BCUT2D eigenvalue weighted by Gasteiger charge is -2.15. The number of phenols is 1. The van der Waals surface area contributed by atoms with Crippen molar-refractivity contribution < 1.29 is 5.11 Å². The summed E-state index contributed by atoms with van der Waals surface area (Å²) in [6.07, 6.45) is 0. The van der Waals surface area contributed by atoms with Gasteiger partial charge in [0, 0.05) is 18.1 Å². The maximum absolute atomic E-state index is 9.31. The van der Waals surface area contributed by atoms with Crippen molar-refractivity contribution in [3.63, 3.8) is 0 Å². The van der Waals surface area contributed by atoms with Crippen molar-refractivity contribution >= 4 is 33.5 Å². The summed E-state index contributed by atoms with van der Waals surface area (Å²) >= 11 is 3.31. The van der Waals surface area contributed by atoms with Crippen LogP contribution >= 0.6 is 22.7 Å². The number of nitrogens with zero attached hydrogens (tertiary/aromatic N) is 2. The lowest BCUT2D eigenvalue weighted by Crippen LogP contribution is -2.08. The van der Waals surface area contributed by atoms with E-state index in [2.05, 4.69) is 21.8 Å². The maximum Gasteiger partial charge on any atom is 0.190 e. The third kappa shape index (κ3) is 2.47. The molecule has 3 nitrogen and oxygen atoms in total. The number of benzene rings is 1. The van der Waals surface area contributed by atoms with Crippen LogP contribution in [0.4, 0.5) is 10.8 Å². The zero-order valence-electron chi connectivity index (χ0n) is 10.3. The smallest absolute Gasteiger partial charge is 0.190 e. The van der Waals surface area contributed by atoms with Gasteiger partial charge in [0.2, 0.25) is 0 Å². The molecule has 0 amide bonds. The molecular formula is C14H12N2OS2. The van der Waals surface area contributed by atoms with E-state index in [1.54, 1.807) is 34.8 Å². The lowest BCUT2D eigenvalue weighted by atomic mass is 10.3. The van der Waals surface area contributed by atoms with E-state index >= 15 is 0 Å². The van der Waals surface area contributed by atoms with Crippen molar-refractivity contribution in [2.24, 2.45) is 0 Å². The van der Waals surface area contributed by atoms with Gasteiger partial charge in [-0.3, -0.25) is 0 Å². The van der Waals surface area contributed by atoms with Gasteiger partial charge in [0.1, 0.15) is 5.75 Å². The van der Waals surface area contributed by atoms with Gasteiger partial charge in [-0.05, 0) is 35.7 Å². The van der Waals surface area contributed by atoms with Crippen molar-refractivity contribution in [3.8, 4) is 16.3 Å². The van der Waals surface area contributed by atoms with Gasteiger partial charge in [-0.15, -0.1) is 22.7 Å². The molecule has 1 aromatic carbocycles. The van der Waals surface area contributed by atoms with Crippen LogP contribution in [0.3, 0.4) is 0 Å². The van der Waals surface area contributed by atoms with E-state index in [-0.39, 0.29) is 5.75 Å². The van der Waals surface area contributed by atoms with Crippen molar-refractivity contribution in [1.29, 1.82) is 0 Å². The first kappa shape index (κ1) is 12.2. The number of thiazole rings is 1. The monoisotopic (exact) mass is 288 g/mol. The predicted octanol–water partition coefficient (Wildman–Crippen LogP) is 4.35. The molecule has 0 aliphatic carbocycles. The van der Waals surface area contributed by atoms with Crippen molar-refractivity contribution in [2.45, 2.75) is 0 Å². The zero-order chi connectivity index (χ0) is 13.2. The molecule has 0 saturated heterocycles. The number of hydrogen-bond acceptors (Lipinski definition) is 5. The largest absolute Gasteiger partial charge is 0.508 e. The summed E-state index contributed by atoms with van der Waals surface area (Å²) in [4.78, 5) is 7.84. The molecule has 3 rings (SSSR count). The van der Waals surface area contributed by atoms with Gasteiger partial charge >= 0.3 is 0 Å². The van der Waals surface area contributed by atoms with E-state index in [0.29, 0.717) is 0 Å². The average molecular weight is 288 g/mol. The summed E-state index contributed by atoms with van der Waals surface area (Å²) in [6, 6.07) is 11.2. The molecule has 0 spiro atoms. The van der Waals surface area contributed by atoms with Crippen LogP contribution in [0.25, 0.3) is 10.6 Å². The van der Waals surface area contributed by atoms with Crippen LogP contribution in [0.15, 0.2) is 47.2 Å². The van der Waals surface area contributed by atoms with Gasteiger partial charge < -0.3 is 10.0 Å². The highest BCUT2D eigenvalue weighted by molar-refractivity contribution is 7.16. The third-order valence-electron chi connectivity index (χ3n) is 2.79. The summed E-state index contributed by atoms with van der Waals surface area (Å²) in [5.41, 5.74) is 2.02. The molecule has 2 aromatic heterocycles. The summed E-state index contributed by atoms with van der Waals surface area (Å²) < 4.78 is 0. The molecule has 96 valence electrons. The van der Waals surface area contributed by atoms with Gasteiger partial charge in [-0.1, -0.05) is 6.07 Å². The molecule has 2 heterocycles. The number of aromatic nitrogens is 1. The highest BCUT2D eigenvalue weighted by atomic mass is 32.1. The second-order valence-electron chi connectivity index (χ2n) is 4.07. The van der Waals surface area contributed by atoms with Crippen molar-refractivity contribution in [3.05, 3.63) is 47.2 Å². The van der Waals surface area contributed by atoms with Gasteiger partial charge in [0.25, 0.3) is 0 Å². The molecule has 1 N–H and O–H groups in total. The van der Waals surface area contributed by atoms with Gasteiger partial charge in [0.05, 0.1) is 10.6 Å². The summed E-state index contributed by atoms with van der Waals surface area (Å²) in [5.74, 6) is 0.274. The molecule has 0 unspecified atom stereocenters. The van der Waals surface area contributed by atoms with Crippen LogP contribution < -0.4 is 4.90 Å². The Labute approximate surface area is 119 Å². The predicted molar refractivity (Wildman–Crippen MR) is 81.6 cm³/mol. The first-order chi connectivity index (χ1) is 9.24. The molecule has 0 aliphatic rings. The van der Waals surface area contributed by atoms with Crippen LogP contribution in [0, 0.1) is 0 Å². The van der Waals surface area contributed by atoms with E-state index in [0.717, 1.165) is 16.5 Å². The molecule has 0 radical (unpaired) electrons. The molecule has 0 atom stereocenters. The number of hydrogen-bond donors (Lipinski definition) is 1. The van der Waals surface area contributed by atoms with Gasteiger partial charge in [-0.25, -0.2) is 4.98 Å². The quantitative estimate of drug-likeness (QED) is 0.778. The van der Waals surface area contributed by atoms with Crippen LogP contribution in [-0.2, 0) is 0 Å². The van der Waals surface area contributed by atoms with Crippen molar-refractivity contribution in [2.75, 3.05) is 11.9 Å². The van der Waals surface area contributed by atoms with Gasteiger partial charge in [0.15, 0.2) is 5.13 Å².